The van der Waals surface area contributed by atoms with Crippen molar-refractivity contribution in [1.82, 2.24) is 5.32 Å². The van der Waals surface area contributed by atoms with Gasteiger partial charge in [0.15, 0.2) is 5.78 Å². The number of hydrogen-bond donors (Lipinski definition) is 1. The van der Waals surface area contributed by atoms with Gasteiger partial charge in [-0.25, -0.2) is 0 Å². The second-order valence-electron chi connectivity index (χ2n) is 7.46. The fraction of sp³-hybridized carbons (Fsp3) is 0.611. The van der Waals surface area contributed by atoms with Gasteiger partial charge in [-0.3, -0.25) is 4.79 Å². The number of ketones is 1. The Labute approximate surface area is 127 Å². The zero-order chi connectivity index (χ0) is 15.0. The van der Waals surface area contributed by atoms with Gasteiger partial charge in [-0.1, -0.05) is 39.0 Å². The van der Waals surface area contributed by atoms with Crippen LogP contribution >= 0.6 is 0 Å². The first-order valence-electron chi connectivity index (χ1n) is 7.92. The molecule has 2 unspecified atom stereocenters. The van der Waals surface area contributed by atoms with Gasteiger partial charge in [0.25, 0.3) is 0 Å². The van der Waals surface area contributed by atoms with Crippen LogP contribution in [0.4, 0.5) is 0 Å². The molecule has 0 aliphatic carbocycles. The Balaban J connectivity index is 1.79. The van der Waals surface area contributed by atoms with E-state index >= 15 is 0 Å². The number of benzene rings is 1. The van der Waals surface area contributed by atoms with Crippen molar-refractivity contribution >= 4 is 5.78 Å². The third-order valence-corrected chi connectivity index (χ3v) is 4.63. The lowest BCUT2D eigenvalue weighted by Gasteiger charge is -2.39. The van der Waals surface area contributed by atoms with Gasteiger partial charge in [0.05, 0.1) is 13.2 Å². The Morgan fingerprint density at radius 1 is 1.19 bits per heavy atom. The van der Waals surface area contributed by atoms with Crippen LogP contribution in [-0.4, -0.2) is 31.1 Å². The molecule has 2 atom stereocenters. The highest BCUT2D eigenvalue weighted by Gasteiger charge is 2.35. The number of carbonyl (C=O) groups is 1. The number of piperidine rings is 1. The monoisotopic (exact) mass is 287 g/mol. The molecule has 2 aliphatic rings. The number of morpholine rings is 1. The molecule has 2 fully saturated rings. The molecule has 1 aromatic rings. The van der Waals surface area contributed by atoms with Crippen LogP contribution in [0.25, 0.3) is 0 Å². The van der Waals surface area contributed by atoms with Crippen LogP contribution in [0.2, 0.25) is 0 Å². The summed E-state index contributed by atoms with van der Waals surface area (Å²) in [5, 5.41) is 3.55. The number of nitrogens with one attached hydrogen (secondary N) is 1. The van der Waals surface area contributed by atoms with E-state index in [1.807, 2.05) is 12.1 Å². The molecule has 0 radical (unpaired) electrons. The molecule has 3 heteroatoms. The van der Waals surface area contributed by atoms with E-state index in [2.05, 4.69) is 38.2 Å². The van der Waals surface area contributed by atoms with Crippen molar-refractivity contribution in [2.75, 3.05) is 13.2 Å². The number of Topliss-reactive ketones (excluding diaryl/α,β-unsaturated/α-hetero) is 1. The molecule has 0 aromatic heterocycles. The third-order valence-electron chi connectivity index (χ3n) is 4.63. The summed E-state index contributed by atoms with van der Waals surface area (Å²) in [6.45, 7) is 8.03. The van der Waals surface area contributed by atoms with Crippen molar-refractivity contribution in [3.63, 3.8) is 0 Å². The molecule has 0 spiro atoms. The van der Waals surface area contributed by atoms with E-state index in [1.165, 1.54) is 5.56 Å². The first-order chi connectivity index (χ1) is 9.93. The number of fused-ring (bicyclic) bond motifs is 2. The summed E-state index contributed by atoms with van der Waals surface area (Å²) in [6.07, 6.45) is 1.80. The molecule has 3 nitrogen and oxygen atoms in total. The van der Waals surface area contributed by atoms with Crippen molar-refractivity contribution in [2.24, 2.45) is 5.92 Å². The predicted molar refractivity (Wildman–Crippen MR) is 83.7 cm³/mol. The summed E-state index contributed by atoms with van der Waals surface area (Å²) in [7, 11) is 0. The van der Waals surface area contributed by atoms with Crippen molar-refractivity contribution in [1.29, 1.82) is 0 Å². The molecule has 3 rings (SSSR count). The minimum absolute atomic E-state index is 0.0781. The molecular weight excluding hydrogens is 262 g/mol. The van der Waals surface area contributed by atoms with Gasteiger partial charge in [-0.05, 0) is 29.9 Å². The number of hydrogen-bond acceptors (Lipinski definition) is 3. The van der Waals surface area contributed by atoms with Crippen LogP contribution in [0.15, 0.2) is 24.3 Å². The Kier molecular flexibility index (Phi) is 3.89. The zero-order valence-corrected chi connectivity index (χ0v) is 13.2. The van der Waals surface area contributed by atoms with Crippen LogP contribution in [0.5, 0.6) is 0 Å². The molecule has 0 amide bonds. The Morgan fingerprint density at radius 3 is 2.48 bits per heavy atom. The molecule has 2 saturated heterocycles. The highest BCUT2D eigenvalue weighted by Crippen LogP contribution is 2.29. The number of carbonyl (C=O) groups excluding carboxylic acids is 1. The van der Waals surface area contributed by atoms with Gasteiger partial charge in [-0.2, -0.15) is 0 Å². The van der Waals surface area contributed by atoms with Crippen LogP contribution in [0.1, 0.15) is 49.5 Å². The molecule has 1 aromatic carbocycles. The summed E-state index contributed by atoms with van der Waals surface area (Å²) >= 11 is 0. The van der Waals surface area contributed by atoms with Crippen LogP contribution in [0, 0.1) is 5.92 Å². The molecule has 2 heterocycles. The Hall–Kier alpha value is -1.19. The Bertz CT molecular complexity index is 520. The quantitative estimate of drug-likeness (QED) is 0.850. The van der Waals surface area contributed by atoms with Gasteiger partial charge in [0.1, 0.15) is 0 Å². The van der Waals surface area contributed by atoms with E-state index in [1.54, 1.807) is 0 Å². The van der Waals surface area contributed by atoms with E-state index in [-0.39, 0.29) is 11.3 Å². The second kappa shape index (κ2) is 5.54. The molecular formula is C18H25NO2. The molecule has 0 saturated carbocycles. The molecule has 2 bridgehead atoms. The van der Waals surface area contributed by atoms with E-state index in [0.717, 1.165) is 31.6 Å². The summed E-state index contributed by atoms with van der Waals surface area (Å²) in [5.41, 5.74) is 2.17. The van der Waals surface area contributed by atoms with Crippen molar-refractivity contribution in [3.05, 3.63) is 35.4 Å². The van der Waals surface area contributed by atoms with Crippen molar-refractivity contribution in [2.45, 2.75) is 51.1 Å². The summed E-state index contributed by atoms with van der Waals surface area (Å²) < 4.78 is 5.56. The van der Waals surface area contributed by atoms with E-state index in [0.29, 0.717) is 17.9 Å². The van der Waals surface area contributed by atoms with Gasteiger partial charge in [0.2, 0.25) is 0 Å². The fourth-order valence-electron chi connectivity index (χ4n) is 3.43. The Morgan fingerprint density at radius 2 is 1.86 bits per heavy atom. The van der Waals surface area contributed by atoms with E-state index in [4.69, 9.17) is 4.74 Å². The van der Waals surface area contributed by atoms with Gasteiger partial charge >= 0.3 is 0 Å². The number of ether oxygens (including phenoxy) is 1. The van der Waals surface area contributed by atoms with Crippen LogP contribution in [-0.2, 0) is 10.2 Å². The van der Waals surface area contributed by atoms with Crippen LogP contribution in [0.3, 0.4) is 0 Å². The highest BCUT2D eigenvalue weighted by molar-refractivity contribution is 5.98. The number of rotatable bonds is 2. The summed E-state index contributed by atoms with van der Waals surface area (Å²) in [6, 6.07) is 8.86. The lowest BCUT2D eigenvalue weighted by Crippen LogP contribution is -2.55. The minimum atomic E-state index is 0.0781. The SMILES string of the molecule is CC(C)(C)c1cccc(C(=O)C2CC3COCC(C2)N3)c1. The van der Waals surface area contributed by atoms with Crippen molar-refractivity contribution in [3.8, 4) is 0 Å². The standard InChI is InChI=1S/C18H25NO2/c1-18(2,3)14-6-4-5-12(7-14)17(20)13-8-15-10-21-11-16(9-13)19-15/h4-7,13,15-16,19H,8-11H2,1-3H3. The van der Waals surface area contributed by atoms with E-state index < -0.39 is 0 Å². The molecule has 2 aliphatic heterocycles. The topological polar surface area (TPSA) is 38.3 Å². The smallest absolute Gasteiger partial charge is 0.166 e. The lowest BCUT2D eigenvalue weighted by molar-refractivity contribution is 0.00952. The molecule has 1 N–H and O–H groups in total. The second-order valence-corrected chi connectivity index (χ2v) is 7.46. The predicted octanol–water partition coefficient (Wildman–Crippen LogP) is 2.93. The average molecular weight is 287 g/mol. The maximum Gasteiger partial charge on any atom is 0.166 e. The maximum absolute atomic E-state index is 12.8. The largest absolute Gasteiger partial charge is 0.378 e. The van der Waals surface area contributed by atoms with Gasteiger partial charge in [-0.15, -0.1) is 0 Å². The fourth-order valence-corrected chi connectivity index (χ4v) is 3.43. The minimum Gasteiger partial charge on any atom is -0.378 e. The third kappa shape index (κ3) is 3.19. The normalized spacial score (nSPS) is 29.2. The van der Waals surface area contributed by atoms with Gasteiger partial charge in [0, 0.05) is 23.6 Å². The van der Waals surface area contributed by atoms with E-state index in [9.17, 15) is 4.79 Å². The highest BCUT2D eigenvalue weighted by atomic mass is 16.5. The molecule has 114 valence electrons. The first-order valence-corrected chi connectivity index (χ1v) is 7.92. The van der Waals surface area contributed by atoms with Crippen LogP contribution < -0.4 is 5.32 Å². The summed E-state index contributed by atoms with van der Waals surface area (Å²) in [4.78, 5) is 12.8. The average Bonchev–Trinajstić information content (AvgIpc) is 2.45. The molecule has 21 heavy (non-hydrogen) atoms. The zero-order valence-electron chi connectivity index (χ0n) is 13.2. The van der Waals surface area contributed by atoms with Crippen molar-refractivity contribution < 1.29 is 9.53 Å². The maximum atomic E-state index is 12.8. The van der Waals surface area contributed by atoms with Gasteiger partial charge < -0.3 is 10.1 Å². The first kappa shape index (κ1) is 14.7. The summed E-state index contributed by atoms with van der Waals surface area (Å²) in [5.74, 6) is 0.444. The lowest BCUT2D eigenvalue weighted by atomic mass is 9.80.